The Morgan fingerprint density at radius 1 is 1.00 bits per heavy atom. The molecule has 6 heteroatoms. The highest BCUT2D eigenvalue weighted by molar-refractivity contribution is 5.96. The topological polar surface area (TPSA) is 71.1 Å². The number of allylic oxidation sites excluding steroid dienone is 1. The van der Waals surface area contributed by atoms with Crippen LogP contribution in [-0.2, 0) is 30.3 Å². The van der Waals surface area contributed by atoms with Crippen molar-refractivity contribution in [1.29, 1.82) is 0 Å². The van der Waals surface area contributed by atoms with Gasteiger partial charge in [0.15, 0.2) is 11.9 Å². The second kappa shape index (κ2) is 7.96. The molecule has 0 radical (unpaired) electrons. The van der Waals surface area contributed by atoms with E-state index >= 15 is 0 Å². The molecule has 0 amide bonds. The molecule has 2 aromatic carbocycles. The molecule has 1 fully saturated rings. The average Bonchev–Trinajstić information content (AvgIpc) is 3.19. The number of benzene rings is 2. The van der Waals surface area contributed by atoms with Crippen LogP contribution in [0.2, 0.25) is 0 Å². The van der Waals surface area contributed by atoms with Gasteiger partial charge in [-0.3, -0.25) is 4.79 Å². The maximum atomic E-state index is 12.6. The van der Waals surface area contributed by atoms with Gasteiger partial charge in [-0.1, -0.05) is 48.5 Å². The van der Waals surface area contributed by atoms with Crippen LogP contribution >= 0.6 is 0 Å². The summed E-state index contributed by atoms with van der Waals surface area (Å²) in [6, 6.07) is 18.2. The predicted molar refractivity (Wildman–Crippen MR) is 99.2 cm³/mol. The Hall–Kier alpha value is -2.96. The monoisotopic (exact) mass is 380 g/mol. The van der Waals surface area contributed by atoms with Crippen LogP contribution in [0.1, 0.15) is 22.3 Å². The van der Waals surface area contributed by atoms with E-state index in [9.17, 15) is 9.59 Å². The summed E-state index contributed by atoms with van der Waals surface area (Å²) >= 11 is 0. The highest BCUT2D eigenvalue weighted by Crippen LogP contribution is 2.36. The van der Waals surface area contributed by atoms with Gasteiger partial charge < -0.3 is 18.9 Å². The van der Waals surface area contributed by atoms with Crippen molar-refractivity contribution in [2.75, 3.05) is 13.2 Å². The van der Waals surface area contributed by atoms with Crippen LogP contribution in [0.15, 0.2) is 72.5 Å². The lowest BCUT2D eigenvalue weighted by molar-refractivity contribution is -0.214. The van der Waals surface area contributed by atoms with Crippen LogP contribution in [0.4, 0.5) is 0 Å². The van der Waals surface area contributed by atoms with Crippen molar-refractivity contribution < 1.29 is 28.5 Å². The van der Waals surface area contributed by atoms with E-state index in [0.717, 1.165) is 5.56 Å². The summed E-state index contributed by atoms with van der Waals surface area (Å²) in [6.45, 7) is 0.911. The van der Waals surface area contributed by atoms with Gasteiger partial charge in [0, 0.05) is 6.08 Å². The summed E-state index contributed by atoms with van der Waals surface area (Å²) < 4.78 is 22.7. The normalized spacial score (nSPS) is 20.6. The fraction of sp³-hybridized carbons (Fsp3) is 0.273. The van der Waals surface area contributed by atoms with E-state index in [2.05, 4.69) is 0 Å². The smallest absolute Gasteiger partial charge is 0.338 e. The van der Waals surface area contributed by atoms with Gasteiger partial charge in [0.1, 0.15) is 6.61 Å². The molecule has 4 rings (SSSR count). The average molecular weight is 380 g/mol. The lowest BCUT2D eigenvalue weighted by atomic mass is 9.94. The second-order valence-electron chi connectivity index (χ2n) is 6.61. The van der Waals surface area contributed by atoms with Crippen molar-refractivity contribution in [2.24, 2.45) is 0 Å². The molecule has 1 spiro atoms. The third-order valence-corrected chi connectivity index (χ3v) is 4.67. The standard InChI is InChI=1S/C22H20O6/c23-18-14-22(26-11-12-27-22)20(28-21(24)17-9-5-2-6-10-17)13-19(18)25-15-16-7-3-1-4-8-16/h1-10,13,20H,11-12,14-15H2/t20-/m0/s1. The Morgan fingerprint density at radius 3 is 2.32 bits per heavy atom. The molecule has 1 saturated heterocycles. The Morgan fingerprint density at radius 2 is 1.64 bits per heavy atom. The second-order valence-corrected chi connectivity index (χ2v) is 6.61. The SMILES string of the molecule is O=C1CC2(OCCO2)[C@@H](OC(=O)c2ccccc2)C=C1OCc1ccccc1. The van der Waals surface area contributed by atoms with Crippen molar-refractivity contribution in [3.8, 4) is 0 Å². The van der Waals surface area contributed by atoms with Gasteiger partial charge in [0.05, 0.1) is 25.2 Å². The highest BCUT2D eigenvalue weighted by atomic mass is 16.8. The zero-order valence-electron chi connectivity index (χ0n) is 15.2. The zero-order chi connectivity index (χ0) is 19.4. The molecule has 0 unspecified atom stereocenters. The fourth-order valence-electron chi connectivity index (χ4n) is 3.25. The molecule has 1 heterocycles. The molecule has 2 aromatic rings. The van der Waals surface area contributed by atoms with Crippen molar-refractivity contribution >= 4 is 11.8 Å². The summed E-state index contributed by atoms with van der Waals surface area (Å²) in [5.41, 5.74) is 1.34. The highest BCUT2D eigenvalue weighted by Gasteiger charge is 2.51. The number of esters is 1. The molecule has 144 valence electrons. The van der Waals surface area contributed by atoms with Crippen LogP contribution in [0.3, 0.4) is 0 Å². The van der Waals surface area contributed by atoms with Crippen molar-refractivity contribution in [3.63, 3.8) is 0 Å². The van der Waals surface area contributed by atoms with Crippen molar-refractivity contribution in [1.82, 2.24) is 0 Å². The summed E-state index contributed by atoms with van der Waals surface area (Å²) in [4.78, 5) is 25.1. The Labute approximate surface area is 162 Å². The van der Waals surface area contributed by atoms with Gasteiger partial charge in [-0.05, 0) is 17.7 Å². The van der Waals surface area contributed by atoms with E-state index in [-0.39, 0.29) is 24.6 Å². The molecule has 1 aliphatic carbocycles. The molecule has 0 bridgehead atoms. The number of carbonyl (C=O) groups is 2. The van der Waals surface area contributed by atoms with E-state index in [1.54, 1.807) is 24.3 Å². The molecule has 6 nitrogen and oxygen atoms in total. The number of carbonyl (C=O) groups excluding carboxylic acids is 2. The van der Waals surface area contributed by atoms with Crippen LogP contribution in [0, 0.1) is 0 Å². The summed E-state index contributed by atoms with van der Waals surface area (Å²) in [6.07, 6.45) is 0.535. The largest absolute Gasteiger partial charge is 0.485 e. The maximum Gasteiger partial charge on any atom is 0.338 e. The number of hydrogen-bond acceptors (Lipinski definition) is 6. The van der Waals surface area contributed by atoms with Crippen LogP contribution in [0.5, 0.6) is 0 Å². The molecule has 0 aromatic heterocycles. The molecule has 1 aliphatic heterocycles. The number of rotatable bonds is 5. The van der Waals surface area contributed by atoms with Gasteiger partial charge in [-0.15, -0.1) is 0 Å². The minimum absolute atomic E-state index is 0.0691. The first-order chi connectivity index (χ1) is 13.7. The minimum atomic E-state index is -1.29. The van der Waals surface area contributed by atoms with E-state index in [4.69, 9.17) is 18.9 Å². The van der Waals surface area contributed by atoms with Crippen LogP contribution in [0.25, 0.3) is 0 Å². The Kier molecular flexibility index (Phi) is 5.23. The quantitative estimate of drug-likeness (QED) is 0.743. The third-order valence-electron chi connectivity index (χ3n) is 4.67. The van der Waals surface area contributed by atoms with Crippen molar-refractivity contribution in [2.45, 2.75) is 24.9 Å². The minimum Gasteiger partial charge on any atom is -0.485 e. The molecule has 1 atom stereocenters. The molecular formula is C22H20O6. The lowest BCUT2D eigenvalue weighted by Crippen LogP contribution is -2.50. The van der Waals surface area contributed by atoms with Crippen LogP contribution in [-0.4, -0.2) is 36.9 Å². The number of Topliss-reactive ketones (excluding diaryl/α,β-unsaturated/α-hetero) is 1. The summed E-state index contributed by atoms with van der Waals surface area (Å²) in [7, 11) is 0. The zero-order valence-corrected chi connectivity index (χ0v) is 15.2. The summed E-state index contributed by atoms with van der Waals surface area (Å²) in [5, 5.41) is 0. The number of ether oxygens (including phenoxy) is 4. The van der Waals surface area contributed by atoms with Gasteiger partial charge in [-0.25, -0.2) is 4.79 Å². The molecule has 2 aliphatic rings. The molecule has 0 saturated carbocycles. The van der Waals surface area contributed by atoms with Gasteiger partial charge >= 0.3 is 5.97 Å². The van der Waals surface area contributed by atoms with Gasteiger partial charge in [-0.2, -0.15) is 0 Å². The fourth-order valence-corrected chi connectivity index (χ4v) is 3.25. The van der Waals surface area contributed by atoms with Crippen molar-refractivity contribution in [3.05, 3.63) is 83.6 Å². The maximum absolute atomic E-state index is 12.6. The number of ketones is 1. The van der Waals surface area contributed by atoms with E-state index in [0.29, 0.717) is 18.8 Å². The summed E-state index contributed by atoms with van der Waals surface area (Å²) in [5.74, 6) is -1.90. The molecule has 28 heavy (non-hydrogen) atoms. The third kappa shape index (κ3) is 3.83. The molecular weight excluding hydrogens is 360 g/mol. The first-order valence-electron chi connectivity index (χ1n) is 9.12. The van der Waals surface area contributed by atoms with E-state index in [1.807, 2.05) is 36.4 Å². The van der Waals surface area contributed by atoms with E-state index in [1.165, 1.54) is 6.08 Å². The first kappa shape index (κ1) is 18.4. The van der Waals surface area contributed by atoms with E-state index < -0.39 is 17.9 Å². The lowest BCUT2D eigenvalue weighted by Gasteiger charge is -2.36. The Balaban J connectivity index is 1.55. The first-order valence-corrected chi connectivity index (χ1v) is 9.12. The molecule has 0 N–H and O–H groups in total. The Bertz CT molecular complexity index is 868. The number of hydrogen-bond donors (Lipinski definition) is 0. The van der Waals surface area contributed by atoms with Crippen LogP contribution < -0.4 is 0 Å². The predicted octanol–water partition coefficient (Wildman–Crippen LogP) is 3.03. The van der Waals surface area contributed by atoms with Gasteiger partial charge in [0.2, 0.25) is 11.6 Å². The van der Waals surface area contributed by atoms with Gasteiger partial charge in [0.25, 0.3) is 0 Å².